The fourth-order valence-electron chi connectivity index (χ4n) is 4.62. The Balaban J connectivity index is 1.84. The van der Waals surface area contributed by atoms with Crippen LogP contribution < -0.4 is 0 Å². The van der Waals surface area contributed by atoms with Gasteiger partial charge in [-0.3, -0.25) is 4.98 Å². The third-order valence-corrected chi connectivity index (χ3v) is 6.68. The molecule has 5 rings (SSSR count). The van der Waals surface area contributed by atoms with Gasteiger partial charge in [-0.25, -0.2) is 0 Å². The Morgan fingerprint density at radius 1 is 0.676 bits per heavy atom. The Bertz CT molecular complexity index is 1440. The van der Waals surface area contributed by atoms with E-state index in [9.17, 15) is 5.11 Å². The number of phenols is 1. The number of pyridine rings is 1. The Kier molecular flexibility index (Phi) is 5.05. The fourth-order valence-corrected chi connectivity index (χ4v) is 4.62. The molecule has 0 radical (unpaired) electrons. The minimum atomic E-state index is 0.0644. The summed E-state index contributed by atoms with van der Waals surface area (Å²) in [4.78, 5) is 4.46. The molecule has 0 unspecified atom stereocenters. The second-order valence-electron chi connectivity index (χ2n) is 11.2. The Labute approximate surface area is 201 Å². The molecule has 0 aliphatic heterocycles. The van der Waals surface area contributed by atoms with Gasteiger partial charge in [-0.1, -0.05) is 59.7 Å². The van der Waals surface area contributed by atoms with Crippen LogP contribution in [0.5, 0.6) is 5.75 Å². The maximum Gasteiger partial charge on any atom is 0.125 e. The van der Waals surface area contributed by atoms with E-state index in [0.717, 1.165) is 28.0 Å². The second kappa shape index (κ2) is 7.73. The van der Waals surface area contributed by atoms with Gasteiger partial charge >= 0.3 is 0 Å². The molecule has 0 saturated heterocycles. The van der Waals surface area contributed by atoms with Gasteiger partial charge in [0.25, 0.3) is 0 Å². The number of aromatic nitrogens is 2. The molecule has 3 nitrogen and oxygen atoms in total. The summed E-state index contributed by atoms with van der Waals surface area (Å²) in [5.74, 6) is 0.230. The number of aromatic hydroxyl groups is 1. The van der Waals surface area contributed by atoms with Crippen LogP contribution >= 0.6 is 0 Å². The van der Waals surface area contributed by atoms with Crippen molar-refractivity contribution in [1.29, 1.82) is 0 Å². The van der Waals surface area contributed by atoms with E-state index in [0.29, 0.717) is 0 Å². The zero-order valence-electron chi connectivity index (χ0n) is 20.8. The highest BCUT2D eigenvalue weighted by Crippen LogP contribution is 2.39. The molecule has 5 aromatic rings. The summed E-state index contributed by atoms with van der Waals surface area (Å²) < 4.78 is 2.30. The molecular weight excluding hydrogens is 416 g/mol. The molecule has 3 heteroatoms. The first kappa shape index (κ1) is 22.2. The van der Waals surface area contributed by atoms with Crippen LogP contribution in [0.3, 0.4) is 0 Å². The van der Waals surface area contributed by atoms with Crippen molar-refractivity contribution in [2.75, 3.05) is 0 Å². The number of nitrogens with zero attached hydrogens (tertiary/aromatic N) is 2. The topological polar surface area (TPSA) is 38.0 Å². The molecule has 0 aliphatic carbocycles. The van der Waals surface area contributed by atoms with Crippen molar-refractivity contribution in [3.63, 3.8) is 0 Å². The number of phenolic OH excluding ortho intramolecular Hbond substituents is 1. The van der Waals surface area contributed by atoms with Crippen molar-refractivity contribution >= 4 is 21.8 Å². The van der Waals surface area contributed by atoms with Crippen molar-refractivity contribution in [3.05, 3.63) is 90.1 Å². The summed E-state index contributed by atoms with van der Waals surface area (Å²) in [6.07, 6.45) is 1.75. The van der Waals surface area contributed by atoms with E-state index in [-0.39, 0.29) is 16.6 Å². The summed E-state index contributed by atoms with van der Waals surface area (Å²) in [7, 11) is 0. The van der Waals surface area contributed by atoms with E-state index < -0.39 is 0 Å². The van der Waals surface area contributed by atoms with Gasteiger partial charge in [0.2, 0.25) is 0 Å². The molecule has 0 saturated carbocycles. The van der Waals surface area contributed by atoms with Crippen LogP contribution in [0, 0.1) is 0 Å². The number of hydrogen-bond acceptors (Lipinski definition) is 2. The average molecular weight is 449 g/mol. The molecule has 0 amide bonds. The lowest BCUT2D eigenvalue weighted by Gasteiger charge is -2.19. The number of benzene rings is 3. The summed E-state index contributed by atoms with van der Waals surface area (Å²) in [6, 6.07) is 25.2. The molecular formula is C31H32N2O. The van der Waals surface area contributed by atoms with Gasteiger partial charge in [0.15, 0.2) is 0 Å². The number of rotatable bonds is 2. The van der Waals surface area contributed by atoms with Gasteiger partial charge in [0, 0.05) is 28.2 Å². The minimum absolute atomic E-state index is 0.0644. The van der Waals surface area contributed by atoms with Crippen molar-refractivity contribution in [2.24, 2.45) is 0 Å². The largest absolute Gasteiger partial charge is 0.507 e. The number of fused-ring (bicyclic) bond motifs is 3. The van der Waals surface area contributed by atoms with Crippen LogP contribution in [-0.2, 0) is 10.8 Å². The van der Waals surface area contributed by atoms with Crippen LogP contribution in [0.15, 0.2) is 79.0 Å². The third kappa shape index (κ3) is 3.75. The zero-order valence-corrected chi connectivity index (χ0v) is 20.8. The lowest BCUT2D eigenvalue weighted by atomic mass is 9.85. The third-order valence-electron chi connectivity index (χ3n) is 6.68. The average Bonchev–Trinajstić information content (AvgIpc) is 3.12. The molecule has 0 bridgehead atoms. The predicted molar refractivity (Wildman–Crippen MR) is 143 cm³/mol. The standard InChI is InChI=1S/C31H32N2O/c1-30(2,3)20-10-13-27-23(17-20)24-18-21(31(4,5)6)11-14-28(24)33(27)22-12-15-29(34)25(19-22)26-9-7-8-16-32-26/h7-19,34H,1-6H3. The SMILES string of the molecule is CC(C)(C)c1ccc2c(c1)c1cc(C(C)(C)C)ccc1n2-c1ccc(O)c(-c2ccccn2)c1. The van der Waals surface area contributed by atoms with E-state index in [4.69, 9.17) is 0 Å². The lowest BCUT2D eigenvalue weighted by molar-refractivity contribution is 0.477. The molecule has 3 aromatic carbocycles. The summed E-state index contributed by atoms with van der Waals surface area (Å²) in [6.45, 7) is 13.5. The van der Waals surface area contributed by atoms with Crippen molar-refractivity contribution < 1.29 is 5.11 Å². The summed E-state index contributed by atoms with van der Waals surface area (Å²) in [5, 5.41) is 13.1. The normalized spacial score (nSPS) is 12.5. The highest BCUT2D eigenvalue weighted by molar-refractivity contribution is 6.10. The van der Waals surface area contributed by atoms with Crippen molar-refractivity contribution in [1.82, 2.24) is 9.55 Å². The zero-order chi connectivity index (χ0) is 24.3. The van der Waals surface area contributed by atoms with Gasteiger partial charge in [0.05, 0.1) is 16.7 Å². The van der Waals surface area contributed by atoms with Gasteiger partial charge < -0.3 is 9.67 Å². The van der Waals surface area contributed by atoms with Crippen LogP contribution in [-0.4, -0.2) is 14.7 Å². The van der Waals surface area contributed by atoms with Gasteiger partial charge in [-0.15, -0.1) is 0 Å². The molecule has 0 atom stereocenters. The molecule has 0 fully saturated rings. The minimum Gasteiger partial charge on any atom is -0.507 e. The Morgan fingerprint density at radius 3 is 1.76 bits per heavy atom. The predicted octanol–water partition coefficient (Wildman–Crippen LogP) is 8.15. The Hall–Kier alpha value is -3.59. The maximum absolute atomic E-state index is 10.6. The fraction of sp³-hybridized carbons (Fsp3) is 0.258. The first-order valence-corrected chi connectivity index (χ1v) is 11.9. The van der Waals surface area contributed by atoms with E-state index >= 15 is 0 Å². The summed E-state index contributed by atoms with van der Waals surface area (Å²) >= 11 is 0. The highest BCUT2D eigenvalue weighted by Gasteiger charge is 2.21. The molecule has 1 N–H and O–H groups in total. The van der Waals surface area contributed by atoms with Crippen LogP contribution in [0.1, 0.15) is 52.7 Å². The molecule has 0 aliphatic rings. The van der Waals surface area contributed by atoms with Crippen LogP contribution in [0.2, 0.25) is 0 Å². The van der Waals surface area contributed by atoms with Crippen LogP contribution in [0.4, 0.5) is 0 Å². The number of hydrogen-bond donors (Lipinski definition) is 1. The Morgan fingerprint density at radius 2 is 1.26 bits per heavy atom. The second-order valence-corrected chi connectivity index (χ2v) is 11.2. The molecule has 172 valence electrons. The van der Waals surface area contributed by atoms with Gasteiger partial charge in [-0.2, -0.15) is 0 Å². The molecule has 2 aromatic heterocycles. The van der Waals surface area contributed by atoms with Gasteiger partial charge in [0.1, 0.15) is 5.75 Å². The van der Waals surface area contributed by atoms with Crippen molar-refractivity contribution in [2.45, 2.75) is 52.4 Å². The van der Waals surface area contributed by atoms with E-state index in [1.165, 1.54) is 21.9 Å². The van der Waals surface area contributed by atoms with Crippen LogP contribution in [0.25, 0.3) is 38.8 Å². The highest BCUT2D eigenvalue weighted by atomic mass is 16.3. The van der Waals surface area contributed by atoms with E-state index in [1.54, 1.807) is 12.3 Å². The quantitative estimate of drug-likeness (QED) is 0.296. The van der Waals surface area contributed by atoms with Gasteiger partial charge in [-0.05, 0) is 76.6 Å². The van der Waals surface area contributed by atoms with Crippen molar-refractivity contribution in [3.8, 4) is 22.7 Å². The first-order valence-electron chi connectivity index (χ1n) is 11.9. The van der Waals surface area contributed by atoms with E-state index in [2.05, 4.69) is 87.5 Å². The molecule has 0 spiro atoms. The summed E-state index contributed by atoms with van der Waals surface area (Å²) in [5.41, 5.74) is 7.58. The monoisotopic (exact) mass is 448 g/mol. The molecule has 2 heterocycles. The lowest BCUT2D eigenvalue weighted by Crippen LogP contribution is -2.10. The smallest absolute Gasteiger partial charge is 0.125 e. The molecule has 34 heavy (non-hydrogen) atoms. The van der Waals surface area contributed by atoms with E-state index in [1.807, 2.05) is 30.3 Å². The maximum atomic E-state index is 10.6. The first-order chi connectivity index (χ1) is 16.0.